The van der Waals surface area contributed by atoms with Crippen molar-refractivity contribution >= 4 is 27.7 Å². The average molecular weight is 233 g/mol. The molecular weight excluding hydrogens is 228 g/mol. The van der Waals surface area contributed by atoms with Crippen LogP contribution >= 0.6 is 15.9 Å². The van der Waals surface area contributed by atoms with E-state index in [4.69, 9.17) is 5.11 Å². The number of carboxylic acid groups (broad SMARTS) is 1. The lowest BCUT2D eigenvalue weighted by Gasteiger charge is -1.88. The highest BCUT2D eigenvalue weighted by Gasteiger charge is 2.20. The first-order valence-corrected chi connectivity index (χ1v) is 3.78. The molecule has 0 aliphatic carbocycles. The van der Waals surface area contributed by atoms with Gasteiger partial charge < -0.3 is 5.11 Å². The van der Waals surface area contributed by atoms with Gasteiger partial charge in [0.1, 0.15) is 0 Å². The van der Waals surface area contributed by atoms with Crippen molar-refractivity contribution in [3.63, 3.8) is 0 Å². The van der Waals surface area contributed by atoms with Crippen LogP contribution in [0.15, 0.2) is 10.7 Å². The molecule has 1 N–H and O–H groups in total. The van der Waals surface area contributed by atoms with Gasteiger partial charge in [0.25, 0.3) is 5.78 Å². The first-order chi connectivity index (χ1) is 5.52. The molecule has 5 nitrogen and oxygen atoms in total. The highest BCUT2D eigenvalue weighted by atomic mass is 79.9. The zero-order valence-electron chi connectivity index (χ0n) is 6.11. The topological polar surface area (TPSA) is 72.2 Å². The molecule has 1 heterocycles. The van der Waals surface area contributed by atoms with Gasteiger partial charge in [0, 0.05) is 13.2 Å². The van der Waals surface area contributed by atoms with Gasteiger partial charge in [-0.25, -0.2) is 4.79 Å². The smallest absolute Gasteiger partial charge is 0.379 e. The number of carbonyl (C=O) groups is 2. The maximum Gasteiger partial charge on any atom is 0.379 e. The van der Waals surface area contributed by atoms with Crippen molar-refractivity contribution in [1.29, 1.82) is 0 Å². The quantitative estimate of drug-likeness (QED) is 0.594. The molecule has 0 radical (unpaired) electrons. The van der Waals surface area contributed by atoms with Gasteiger partial charge in [-0.15, -0.1) is 0 Å². The molecule has 0 amide bonds. The monoisotopic (exact) mass is 232 g/mol. The second-order valence-corrected chi connectivity index (χ2v) is 2.99. The van der Waals surface area contributed by atoms with Gasteiger partial charge in [-0.1, -0.05) is 0 Å². The van der Waals surface area contributed by atoms with E-state index < -0.39 is 11.8 Å². The molecule has 12 heavy (non-hydrogen) atoms. The number of carboxylic acids is 1. The van der Waals surface area contributed by atoms with Gasteiger partial charge >= 0.3 is 5.97 Å². The Labute approximate surface area is 76.1 Å². The fourth-order valence-corrected chi connectivity index (χ4v) is 1.27. The van der Waals surface area contributed by atoms with Crippen molar-refractivity contribution in [2.75, 3.05) is 0 Å². The molecular formula is C6H5BrN2O3. The molecule has 1 aromatic heterocycles. The normalized spacial score (nSPS) is 9.83. The Hall–Kier alpha value is -1.17. The number of aryl methyl sites for hydroxylation is 1. The van der Waals surface area contributed by atoms with Crippen molar-refractivity contribution in [2.45, 2.75) is 0 Å². The number of hydrogen-bond donors (Lipinski definition) is 1. The summed E-state index contributed by atoms with van der Waals surface area (Å²) < 4.78 is 1.75. The summed E-state index contributed by atoms with van der Waals surface area (Å²) in [6.45, 7) is 0. The maximum absolute atomic E-state index is 10.9. The standard InChI is InChI=1S/C6H5BrN2O3/c1-9-2-3(7)4(8-9)5(10)6(11)12/h2H,1H3,(H,11,12). The van der Waals surface area contributed by atoms with E-state index >= 15 is 0 Å². The van der Waals surface area contributed by atoms with Crippen LogP contribution in [-0.4, -0.2) is 26.6 Å². The molecule has 0 aromatic carbocycles. The molecule has 0 fully saturated rings. The average Bonchev–Trinajstić information content (AvgIpc) is 2.28. The van der Waals surface area contributed by atoms with Crippen molar-refractivity contribution in [2.24, 2.45) is 7.05 Å². The van der Waals surface area contributed by atoms with Crippen LogP contribution in [0.25, 0.3) is 0 Å². The fourth-order valence-electron chi connectivity index (χ4n) is 0.715. The van der Waals surface area contributed by atoms with Gasteiger partial charge in [-0.2, -0.15) is 5.10 Å². The largest absolute Gasteiger partial charge is 0.475 e. The number of rotatable bonds is 2. The second kappa shape index (κ2) is 3.06. The van der Waals surface area contributed by atoms with Crippen molar-refractivity contribution in [3.05, 3.63) is 16.4 Å². The lowest BCUT2D eigenvalue weighted by atomic mass is 10.3. The predicted molar refractivity (Wildman–Crippen MR) is 42.9 cm³/mol. The minimum atomic E-state index is -1.51. The summed E-state index contributed by atoms with van der Waals surface area (Å²) in [5.41, 5.74) is -0.0787. The fraction of sp³-hybridized carbons (Fsp3) is 0.167. The number of nitrogens with zero attached hydrogens (tertiary/aromatic N) is 2. The van der Waals surface area contributed by atoms with Crippen molar-refractivity contribution < 1.29 is 14.7 Å². The maximum atomic E-state index is 10.9. The summed E-state index contributed by atoms with van der Waals surface area (Å²) in [4.78, 5) is 21.1. The highest BCUT2D eigenvalue weighted by Crippen LogP contribution is 2.14. The number of halogens is 1. The van der Waals surface area contributed by atoms with Crippen LogP contribution in [0.2, 0.25) is 0 Å². The van der Waals surface area contributed by atoms with E-state index in [1.54, 1.807) is 7.05 Å². The summed E-state index contributed by atoms with van der Waals surface area (Å²) in [5, 5.41) is 12.0. The van der Waals surface area contributed by atoms with Gasteiger partial charge in [0.05, 0.1) is 4.47 Å². The molecule has 64 valence electrons. The lowest BCUT2D eigenvalue weighted by Crippen LogP contribution is -2.14. The number of hydrogen-bond acceptors (Lipinski definition) is 3. The number of ketones is 1. The summed E-state index contributed by atoms with van der Waals surface area (Å²) in [5.74, 6) is -2.52. The van der Waals surface area contributed by atoms with E-state index in [1.165, 1.54) is 10.9 Å². The van der Waals surface area contributed by atoms with E-state index in [1.807, 2.05) is 0 Å². The SMILES string of the molecule is Cn1cc(Br)c(C(=O)C(=O)O)n1. The van der Waals surface area contributed by atoms with E-state index in [2.05, 4.69) is 21.0 Å². The minimum absolute atomic E-state index is 0.0787. The molecule has 0 aliphatic rings. The number of aliphatic carboxylic acids is 1. The van der Waals surface area contributed by atoms with Crippen LogP contribution in [0.1, 0.15) is 10.5 Å². The van der Waals surface area contributed by atoms with Crippen LogP contribution in [0.4, 0.5) is 0 Å². The lowest BCUT2D eigenvalue weighted by molar-refractivity contribution is -0.131. The molecule has 0 saturated heterocycles. The second-order valence-electron chi connectivity index (χ2n) is 2.13. The Morgan fingerprint density at radius 2 is 2.25 bits per heavy atom. The van der Waals surface area contributed by atoms with E-state index in [9.17, 15) is 9.59 Å². The molecule has 6 heteroatoms. The summed E-state index contributed by atoms with van der Waals surface area (Å²) in [6.07, 6.45) is 1.51. The van der Waals surface area contributed by atoms with Gasteiger partial charge in [0.15, 0.2) is 5.69 Å². The van der Waals surface area contributed by atoms with Gasteiger partial charge in [0.2, 0.25) is 0 Å². The summed E-state index contributed by atoms with van der Waals surface area (Å²) in [6, 6.07) is 0. The Morgan fingerprint density at radius 1 is 1.67 bits per heavy atom. The molecule has 0 aliphatic heterocycles. The van der Waals surface area contributed by atoms with Crippen LogP contribution in [0.5, 0.6) is 0 Å². The number of aromatic nitrogens is 2. The van der Waals surface area contributed by atoms with Crippen LogP contribution in [0.3, 0.4) is 0 Å². The van der Waals surface area contributed by atoms with Crippen LogP contribution in [-0.2, 0) is 11.8 Å². The van der Waals surface area contributed by atoms with Crippen molar-refractivity contribution in [1.82, 2.24) is 9.78 Å². The molecule has 0 saturated carbocycles. The summed E-state index contributed by atoms with van der Waals surface area (Å²) in [7, 11) is 1.60. The Kier molecular flexibility index (Phi) is 2.27. The zero-order chi connectivity index (χ0) is 9.30. The number of Topliss-reactive ketones (excluding diaryl/α,β-unsaturated/α-hetero) is 1. The third-order valence-corrected chi connectivity index (χ3v) is 1.77. The Morgan fingerprint density at radius 3 is 2.58 bits per heavy atom. The van der Waals surface area contributed by atoms with Crippen LogP contribution < -0.4 is 0 Å². The first-order valence-electron chi connectivity index (χ1n) is 2.99. The summed E-state index contributed by atoms with van der Waals surface area (Å²) >= 11 is 3.02. The third-order valence-electron chi connectivity index (χ3n) is 1.19. The van der Waals surface area contributed by atoms with Gasteiger partial charge in [-0.3, -0.25) is 9.48 Å². The molecule has 0 spiro atoms. The minimum Gasteiger partial charge on any atom is -0.475 e. The van der Waals surface area contributed by atoms with E-state index in [-0.39, 0.29) is 5.69 Å². The van der Waals surface area contributed by atoms with E-state index in [0.717, 1.165) is 0 Å². The molecule has 0 atom stereocenters. The molecule has 1 rings (SSSR count). The Bertz CT molecular complexity index is 345. The molecule has 1 aromatic rings. The van der Waals surface area contributed by atoms with Crippen LogP contribution in [0, 0.1) is 0 Å². The third kappa shape index (κ3) is 1.53. The predicted octanol–water partition coefficient (Wildman–Crippen LogP) is 0.450. The highest BCUT2D eigenvalue weighted by molar-refractivity contribution is 9.10. The number of carbonyl (C=O) groups excluding carboxylic acids is 1. The van der Waals surface area contributed by atoms with Gasteiger partial charge in [-0.05, 0) is 15.9 Å². The van der Waals surface area contributed by atoms with Crippen molar-refractivity contribution in [3.8, 4) is 0 Å². The zero-order valence-corrected chi connectivity index (χ0v) is 7.70. The molecule has 0 bridgehead atoms. The Balaban J connectivity index is 3.11. The van der Waals surface area contributed by atoms with E-state index in [0.29, 0.717) is 4.47 Å². The first kappa shape index (κ1) is 8.92. The molecule has 0 unspecified atom stereocenters.